The number of carbonyl (C=O) groups excluding carboxylic acids is 1. The highest BCUT2D eigenvalue weighted by Gasteiger charge is 2.42. The van der Waals surface area contributed by atoms with Crippen molar-refractivity contribution in [3.63, 3.8) is 0 Å². The summed E-state index contributed by atoms with van der Waals surface area (Å²) in [5.41, 5.74) is 1.61. The summed E-state index contributed by atoms with van der Waals surface area (Å²) in [6.45, 7) is 0. The molecule has 0 radical (unpaired) electrons. The van der Waals surface area contributed by atoms with E-state index in [1.54, 1.807) is 24.4 Å². The smallest absolute Gasteiger partial charge is 0.268 e. The van der Waals surface area contributed by atoms with Crippen LogP contribution in [0.1, 0.15) is 28.4 Å². The predicted molar refractivity (Wildman–Crippen MR) is 101 cm³/mol. The number of hydrogen-bond donors (Lipinski definition) is 0. The Bertz CT molecular complexity index is 1100. The van der Waals surface area contributed by atoms with E-state index in [4.69, 9.17) is 11.6 Å². The molecule has 1 amide bonds. The molecule has 7 heteroatoms. The summed E-state index contributed by atoms with van der Waals surface area (Å²) >= 11 is 6.42. The first-order valence-electron chi connectivity index (χ1n) is 8.13. The fourth-order valence-electron chi connectivity index (χ4n) is 3.32. The normalized spacial score (nSPS) is 19.0. The maximum Gasteiger partial charge on any atom is 0.269 e. The molecule has 1 aliphatic rings. The van der Waals surface area contributed by atoms with Gasteiger partial charge in [-0.3, -0.25) is 9.78 Å². The molecule has 0 spiro atoms. The Labute approximate surface area is 156 Å². The van der Waals surface area contributed by atoms with Crippen molar-refractivity contribution in [2.75, 3.05) is 5.75 Å². The number of hydrogen-bond acceptors (Lipinski definition) is 4. The number of rotatable bonds is 2. The molecule has 0 N–H and O–H groups in total. The quantitative estimate of drug-likeness (QED) is 0.671. The van der Waals surface area contributed by atoms with Crippen molar-refractivity contribution in [2.24, 2.45) is 0 Å². The van der Waals surface area contributed by atoms with Gasteiger partial charge in [0.15, 0.2) is 0 Å². The minimum Gasteiger partial charge on any atom is -0.268 e. The molecule has 0 bridgehead atoms. The summed E-state index contributed by atoms with van der Waals surface area (Å²) in [4.78, 5) is 17.4. The van der Waals surface area contributed by atoms with E-state index in [9.17, 15) is 13.2 Å². The van der Waals surface area contributed by atoms with Gasteiger partial charge in [0.2, 0.25) is 10.0 Å². The third-order valence-electron chi connectivity index (χ3n) is 4.57. The van der Waals surface area contributed by atoms with Crippen LogP contribution < -0.4 is 0 Å². The Morgan fingerprint density at radius 2 is 1.85 bits per heavy atom. The summed E-state index contributed by atoms with van der Waals surface area (Å²) in [5, 5.41) is 0.836. The lowest BCUT2D eigenvalue weighted by molar-refractivity contribution is 0.0832. The first-order chi connectivity index (χ1) is 12.5. The van der Waals surface area contributed by atoms with Gasteiger partial charge in [-0.2, -0.15) is 0 Å². The van der Waals surface area contributed by atoms with Crippen molar-refractivity contribution in [2.45, 2.75) is 12.5 Å². The van der Waals surface area contributed by atoms with E-state index in [0.29, 0.717) is 17.3 Å². The number of sulfonamides is 1. The van der Waals surface area contributed by atoms with Crippen LogP contribution in [0.3, 0.4) is 0 Å². The van der Waals surface area contributed by atoms with Crippen LogP contribution in [-0.4, -0.2) is 29.4 Å². The molecule has 1 saturated heterocycles. The zero-order valence-electron chi connectivity index (χ0n) is 13.7. The minimum atomic E-state index is -3.69. The van der Waals surface area contributed by atoms with Crippen LogP contribution in [-0.2, 0) is 10.0 Å². The van der Waals surface area contributed by atoms with E-state index in [-0.39, 0.29) is 16.3 Å². The third kappa shape index (κ3) is 2.75. The molecular weight excluding hydrogens is 372 g/mol. The second-order valence-corrected chi connectivity index (χ2v) is 8.47. The van der Waals surface area contributed by atoms with Crippen molar-refractivity contribution in [1.29, 1.82) is 0 Å². The molecule has 1 atom stereocenters. The van der Waals surface area contributed by atoms with Crippen LogP contribution in [0.25, 0.3) is 10.9 Å². The van der Waals surface area contributed by atoms with E-state index in [2.05, 4.69) is 4.98 Å². The maximum atomic E-state index is 13.2. The molecule has 0 saturated carbocycles. The number of benzene rings is 2. The van der Waals surface area contributed by atoms with E-state index in [1.165, 1.54) is 6.07 Å². The molecule has 5 nitrogen and oxygen atoms in total. The zero-order chi connectivity index (χ0) is 18.3. The van der Waals surface area contributed by atoms with Crippen LogP contribution in [0.4, 0.5) is 0 Å². The molecule has 0 aliphatic carbocycles. The fraction of sp³-hybridized carbons (Fsp3) is 0.158. The van der Waals surface area contributed by atoms with E-state index in [1.807, 2.05) is 30.3 Å². The maximum absolute atomic E-state index is 13.2. The summed E-state index contributed by atoms with van der Waals surface area (Å²) in [7, 11) is -3.69. The van der Waals surface area contributed by atoms with E-state index >= 15 is 0 Å². The lowest BCUT2D eigenvalue weighted by Gasteiger charge is -2.24. The van der Waals surface area contributed by atoms with Gasteiger partial charge in [-0.05, 0) is 36.2 Å². The predicted octanol–water partition coefficient (Wildman–Crippen LogP) is 3.81. The van der Waals surface area contributed by atoms with Crippen molar-refractivity contribution < 1.29 is 13.2 Å². The lowest BCUT2D eigenvalue weighted by atomic mass is 10.0. The average molecular weight is 387 g/mol. The van der Waals surface area contributed by atoms with Gasteiger partial charge in [-0.1, -0.05) is 41.9 Å². The van der Waals surface area contributed by atoms with Crippen molar-refractivity contribution >= 4 is 38.4 Å². The Kier molecular flexibility index (Phi) is 4.17. The second kappa shape index (κ2) is 6.37. The van der Waals surface area contributed by atoms with Gasteiger partial charge in [0.25, 0.3) is 5.91 Å². The van der Waals surface area contributed by atoms with Gasteiger partial charge >= 0.3 is 0 Å². The topological polar surface area (TPSA) is 67.3 Å². The SMILES string of the molecule is O=C(c1ccc2ncccc2c1Cl)N1C(c2ccccc2)CCS1(=O)=O. The van der Waals surface area contributed by atoms with E-state index in [0.717, 1.165) is 9.87 Å². The number of carbonyl (C=O) groups is 1. The number of aromatic nitrogens is 1. The number of halogens is 1. The zero-order valence-corrected chi connectivity index (χ0v) is 15.2. The molecule has 1 fully saturated rings. The lowest BCUT2D eigenvalue weighted by Crippen LogP contribution is -2.34. The highest BCUT2D eigenvalue weighted by Crippen LogP contribution is 2.37. The van der Waals surface area contributed by atoms with Crippen molar-refractivity contribution in [1.82, 2.24) is 9.29 Å². The van der Waals surface area contributed by atoms with Crippen LogP contribution in [0, 0.1) is 0 Å². The van der Waals surface area contributed by atoms with Crippen molar-refractivity contribution in [3.05, 3.63) is 76.9 Å². The molecule has 2 heterocycles. The van der Waals surface area contributed by atoms with E-state index < -0.39 is 22.0 Å². The summed E-state index contributed by atoms with van der Waals surface area (Å²) in [6.07, 6.45) is 2.00. The second-order valence-electron chi connectivity index (χ2n) is 6.13. The van der Waals surface area contributed by atoms with Crippen LogP contribution >= 0.6 is 11.6 Å². The largest absolute Gasteiger partial charge is 0.269 e. The number of nitrogens with zero attached hydrogens (tertiary/aromatic N) is 2. The molecule has 1 aliphatic heterocycles. The molecule has 2 aromatic carbocycles. The minimum absolute atomic E-state index is 0.0644. The molecule has 132 valence electrons. The molecular formula is C19H15ClN2O3S. The van der Waals surface area contributed by atoms with Gasteiger partial charge in [0, 0.05) is 11.6 Å². The number of pyridine rings is 1. The highest BCUT2D eigenvalue weighted by molar-refractivity contribution is 7.89. The van der Waals surface area contributed by atoms with Gasteiger partial charge in [0.05, 0.1) is 27.9 Å². The number of amides is 1. The highest BCUT2D eigenvalue weighted by atomic mass is 35.5. The molecule has 26 heavy (non-hydrogen) atoms. The molecule has 4 rings (SSSR count). The van der Waals surface area contributed by atoms with Crippen LogP contribution in [0.15, 0.2) is 60.8 Å². The fourth-order valence-corrected chi connectivity index (χ4v) is 5.30. The average Bonchev–Trinajstić information content (AvgIpc) is 2.97. The van der Waals surface area contributed by atoms with Gasteiger partial charge < -0.3 is 0 Å². The Morgan fingerprint density at radius 3 is 2.62 bits per heavy atom. The van der Waals surface area contributed by atoms with Gasteiger partial charge in [0.1, 0.15) is 0 Å². The monoisotopic (exact) mass is 386 g/mol. The third-order valence-corrected chi connectivity index (χ3v) is 6.74. The molecule has 1 aromatic heterocycles. The summed E-state index contributed by atoms with van der Waals surface area (Å²) in [6, 6.07) is 15.4. The van der Waals surface area contributed by atoms with Gasteiger partial charge in [-0.15, -0.1) is 0 Å². The Balaban J connectivity index is 1.82. The molecule has 1 unspecified atom stereocenters. The Morgan fingerprint density at radius 1 is 1.08 bits per heavy atom. The Hall–Kier alpha value is -2.44. The summed E-state index contributed by atoms with van der Waals surface area (Å²) < 4.78 is 26.1. The summed E-state index contributed by atoms with van der Waals surface area (Å²) in [5.74, 6) is -0.669. The first-order valence-corrected chi connectivity index (χ1v) is 10.1. The first kappa shape index (κ1) is 17.0. The van der Waals surface area contributed by atoms with Crippen molar-refractivity contribution in [3.8, 4) is 0 Å². The van der Waals surface area contributed by atoms with Crippen LogP contribution in [0.2, 0.25) is 5.02 Å². The van der Waals surface area contributed by atoms with Gasteiger partial charge in [-0.25, -0.2) is 12.7 Å². The van der Waals surface area contributed by atoms with Crippen LogP contribution in [0.5, 0.6) is 0 Å². The standard InChI is InChI=1S/C19H15ClN2O3S/c20-18-14-7-4-11-21-16(14)9-8-15(18)19(23)22-17(10-12-26(22,24)25)13-5-2-1-3-6-13/h1-9,11,17H,10,12H2. The number of fused-ring (bicyclic) bond motifs is 1. The molecule has 3 aromatic rings.